The Morgan fingerprint density at radius 1 is 1.26 bits per heavy atom. The van der Waals surface area contributed by atoms with Gasteiger partial charge in [-0.2, -0.15) is 4.98 Å². The smallest absolute Gasteiger partial charge is 0.270 e. The Morgan fingerprint density at radius 3 is 2.63 bits per heavy atom. The van der Waals surface area contributed by atoms with E-state index in [1.807, 2.05) is 18.7 Å². The van der Waals surface area contributed by atoms with Gasteiger partial charge in [-0.1, -0.05) is 45.0 Å². The quantitative estimate of drug-likeness (QED) is 0.489. The molecule has 0 aliphatic rings. The van der Waals surface area contributed by atoms with Crippen LogP contribution in [0.25, 0.3) is 11.4 Å². The third-order valence-corrected chi connectivity index (χ3v) is 3.90. The second-order valence-electron chi connectivity index (χ2n) is 7.40. The maximum atomic E-state index is 12.4. The molecule has 0 unspecified atom stereocenters. The predicted octanol–water partition coefficient (Wildman–Crippen LogP) is 3.72. The number of aromatic nitrogens is 2. The Bertz CT molecular complexity index is 786. The van der Waals surface area contributed by atoms with Crippen LogP contribution in [0.4, 0.5) is 5.69 Å². The van der Waals surface area contributed by atoms with Crippen molar-refractivity contribution < 1.29 is 14.2 Å². The number of carbonyl (C=O) groups is 1. The molecule has 146 valence electrons. The molecule has 27 heavy (non-hydrogen) atoms. The Hall–Kier alpha value is -2.77. The molecular formula is C19H26N4O4. The van der Waals surface area contributed by atoms with E-state index in [4.69, 9.17) is 4.52 Å². The van der Waals surface area contributed by atoms with Crippen LogP contribution in [0.5, 0.6) is 0 Å². The van der Waals surface area contributed by atoms with Crippen molar-refractivity contribution in [2.75, 3.05) is 13.1 Å². The predicted molar refractivity (Wildman–Crippen MR) is 101 cm³/mol. The highest BCUT2D eigenvalue weighted by atomic mass is 16.6. The first kappa shape index (κ1) is 20.5. The summed E-state index contributed by atoms with van der Waals surface area (Å²) in [6.07, 6.45) is 0.952. The molecule has 2 rings (SSSR count). The number of nitrogens with zero attached hydrogens (tertiary/aromatic N) is 4. The van der Waals surface area contributed by atoms with Gasteiger partial charge in [0.25, 0.3) is 5.69 Å². The number of benzene rings is 1. The van der Waals surface area contributed by atoms with Crippen molar-refractivity contribution in [2.24, 2.45) is 11.8 Å². The number of nitro benzene ring substituents is 1. The Morgan fingerprint density at radius 2 is 2.00 bits per heavy atom. The summed E-state index contributed by atoms with van der Waals surface area (Å²) in [5, 5.41) is 14.8. The van der Waals surface area contributed by atoms with Crippen molar-refractivity contribution in [1.82, 2.24) is 15.0 Å². The highest BCUT2D eigenvalue weighted by Crippen LogP contribution is 2.21. The van der Waals surface area contributed by atoms with E-state index in [-0.39, 0.29) is 11.6 Å². The fourth-order valence-electron chi connectivity index (χ4n) is 2.70. The Balaban J connectivity index is 2.06. The van der Waals surface area contributed by atoms with Gasteiger partial charge in [0.15, 0.2) is 0 Å². The Kier molecular flexibility index (Phi) is 7.04. The lowest BCUT2D eigenvalue weighted by molar-refractivity contribution is -0.384. The van der Waals surface area contributed by atoms with Gasteiger partial charge in [-0.3, -0.25) is 14.9 Å². The van der Waals surface area contributed by atoms with Gasteiger partial charge in [-0.05, 0) is 11.8 Å². The lowest BCUT2D eigenvalue weighted by atomic mass is 10.1. The normalized spacial score (nSPS) is 11.2. The summed E-state index contributed by atoms with van der Waals surface area (Å²) in [5.74, 6) is 1.50. The monoisotopic (exact) mass is 374 g/mol. The standard InChI is InChI=1S/C19H26N4O4/c1-13(2)10-18(24)22(12-14(3)4)9-8-17-20-19(21-27-17)15-6-5-7-16(11-15)23(25)26/h5-7,11,13-14H,8-10,12H2,1-4H3. The van der Waals surface area contributed by atoms with E-state index in [0.717, 1.165) is 0 Å². The molecule has 0 atom stereocenters. The van der Waals surface area contributed by atoms with E-state index in [0.29, 0.717) is 55.0 Å². The largest absolute Gasteiger partial charge is 0.342 e. The van der Waals surface area contributed by atoms with E-state index >= 15 is 0 Å². The molecular weight excluding hydrogens is 348 g/mol. The molecule has 0 N–H and O–H groups in total. The van der Waals surface area contributed by atoms with Crippen molar-refractivity contribution in [2.45, 2.75) is 40.5 Å². The summed E-state index contributed by atoms with van der Waals surface area (Å²) < 4.78 is 5.27. The van der Waals surface area contributed by atoms with Crippen LogP contribution < -0.4 is 0 Å². The summed E-state index contributed by atoms with van der Waals surface area (Å²) in [4.78, 5) is 29.0. The van der Waals surface area contributed by atoms with Crippen LogP contribution in [0.1, 0.15) is 40.0 Å². The molecule has 1 amide bonds. The second-order valence-corrected chi connectivity index (χ2v) is 7.40. The Labute approximate surface area is 158 Å². The summed E-state index contributed by atoms with van der Waals surface area (Å²) in [5.41, 5.74) is 0.496. The summed E-state index contributed by atoms with van der Waals surface area (Å²) >= 11 is 0. The van der Waals surface area contributed by atoms with E-state index in [1.165, 1.54) is 12.1 Å². The van der Waals surface area contributed by atoms with Crippen LogP contribution in [0.3, 0.4) is 0 Å². The summed E-state index contributed by atoms with van der Waals surface area (Å²) in [6, 6.07) is 6.10. The molecule has 0 saturated heterocycles. The van der Waals surface area contributed by atoms with Crippen LogP contribution in [0.2, 0.25) is 0 Å². The maximum absolute atomic E-state index is 12.4. The number of non-ortho nitro benzene ring substituents is 1. The van der Waals surface area contributed by atoms with Crippen molar-refractivity contribution in [3.63, 3.8) is 0 Å². The van der Waals surface area contributed by atoms with Gasteiger partial charge in [0.1, 0.15) is 0 Å². The van der Waals surface area contributed by atoms with Gasteiger partial charge in [-0.25, -0.2) is 0 Å². The van der Waals surface area contributed by atoms with Crippen LogP contribution in [0.15, 0.2) is 28.8 Å². The molecule has 2 aromatic rings. The van der Waals surface area contributed by atoms with Crippen molar-refractivity contribution in [1.29, 1.82) is 0 Å². The molecule has 1 aromatic carbocycles. The van der Waals surface area contributed by atoms with Crippen LogP contribution in [-0.4, -0.2) is 39.0 Å². The molecule has 0 saturated carbocycles. The van der Waals surface area contributed by atoms with Gasteiger partial charge in [0.05, 0.1) is 4.92 Å². The molecule has 0 aliphatic heterocycles. The minimum absolute atomic E-state index is 0.0266. The molecule has 0 radical (unpaired) electrons. The van der Waals surface area contributed by atoms with E-state index in [1.54, 1.807) is 12.1 Å². The van der Waals surface area contributed by atoms with Gasteiger partial charge in [-0.15, -0.1) is 0 Å². The fourth-order valence-corrected chi connectivity index (χ4v) is 2.70. The molecule has 8 heteroatoms. The average Bonchev–Trinajstić information content (AvgIpc) is 3.06. The van der Waals surface area contributed by atoms with Crippen LogP contribution in [-0.2, 0) is 11.2 Å². The van der Waals surface area contributed by atoms with E-state index < -0.39 is 4.92 Å². The zero-order chi connectivity index (χ0) is 20.0. The summed E-state index contributed by atoms with van der Waals surface area (Å²) in [7, 11) is 0. The van der Waals surface area contributed by atoms with Crippen LogP contribution in [0, 0.1) is 22.0 Å². The molecule has 0 spiro atoms. The average molecular weight is 374 g/mol. The highest BCUT2D eigenvalue weighted by Gasteiger charge is 2.18. The van der Waals surface area contributed by atoms with Crippen LogP contribution >= 0.6 is 0 Å². The first-order valence-corrected chi connectivity index (χ1v) is 9.11. The zero-order valence-electron chi connectivity index (χ0n) is 16.2. The molecule has 1 aromatic heterocycles. The third kappa shape index (κ3) is 6.16. The number of hydrogen-bond acceptors (Lipinski definition) is 6. The van der Waals surface area contributed by atoms with Gasteiger partial charge < -0.3 is 9.42 Å². The molecule has 0 bridgehead atoms. The third-order valence-electron chi connectivity index (χ3n) is 3.90. The molecule has 0 aliphatic carbocycles. The van der Waals surface area contributed by atoms with Gasteiger partial charge >= 0.3 is 0 Å². The first-order chi connectivity index (χ1) is 12.8. The minimum Gasteiger partial charge on any atom is -0.342 e. The molecule has 1 heterocycles. The molecule has 8 nitrogen and oxygen atoms in total. The minimum atomic E-state index is -0.464. The van der Waals surface area contributed by atoms with Crippen molar-refractivity contribution in [3.05, 3.63) is 40.3 Å². The lowest BCUT2D eigenvalue weighted by Crippen LogP contribution is -2.36. The van der Waals surface area contributed by atoms with E-state index in [9.17, 15) is 14.9 Å². The maximum Gasteiger partial charge on any atom is 0.270 e. The van der Waals surface area contributed by atoms with E-state index in [2.05, 4.69) is 24.0 Å². The number of amides is 1. The first-order valence-electron chi connectivity index (χ1n) is 9.11. The zero-order valence-corrected chi connectivity index (χ0v) is 16.2. The fraction of sp³-hybridized carbons (Fsp3) is 0.526. The highest BCUT2D eigenvalue weighted by molar-refractivity contribution is 5.76. The number of hydrogen-bond donors (Lipinski definition) is 0. The number of nitro groups is 1. The van der Waals surface area contributed by atoms with Gasteiger partial charge in [0.2, 0.25) is 17.6 Å². The number of rotatable bonds is 9. The summed E-state index contributed by atoms with van der Waals surface area (Å²) in [6.45, 7) is 9.37. The second kappa shape index (κ2) is 9.25. The molecule has 0 fully saturated rings. The van der Waals surface area contributed by atoms with Gasteiger partial charge in [0, 0.05) is 43.6 Å². The lowest BCUT2D eigenvalue weighted by Gasteiger charge is -2.24. The van der Waals surface area contributed by atoms with Crippen molar-refractivity contribution in [3.8, 4) is 11.4 Å². The number of carbonyl (C=O) groups excluding carboxylic acids is 1. The van der Waals surface area contributed by atoms with Crippen molar-refractivity contribution >= 4 is 11.6 Å². The topological polar surface area (TPSA) is 102 Å². The SMILES string of the molecule is CC(C)CC(=O)N(CCc1nc(-c2cccc([N+](=O)[O-])c2)no1)CC(C)C.